The third kappa shape index (κ3) is 3.00. The van der Waals surface area contributed by atoms with Gasteiger partial charge < -0.3 is 14.5 Å². The quantitative estimate of drug-likeness (QED) is 0.776. The molecular weight excluding hydrogens is 244 g/mol. The molecule has 4 heteroatoms. The SMILES string of the molecule is CN(C)CCC1CN(C)C(=S)c2ccccc2O1. The summed E-state index contributed by atoms with van der Waals surface area (Å²) in [5, 5.41) is 0. The lowest BCUT2D eigenvalue weighted by Crippen LogP contribution is -2.35. The highest BCUT2D eigenvalue weighted by atomic mass is 32.1. The van der Waals surface area contributed by atoms with E-state index < -0.39 is 0 Å². The predicted molar refractivity (Wildman–Crippen MR) is 78.4 cm³/mol. The van der Waals surface area contributed by atoms with E-state index in [2.05, 4.69) is 23.9 Å². The van der Waals surface area contributed by atoms with E-state index in [9.17, 15) is 0 Å². The van der Waals surface area contributed by atoms with E-state index in [-0.39, 0.29) is 6.10 Å². The largest absolute Gasteiger partial charge is 0.488 e. The van der Waals surface area contributed by atoms with E-state index in [0.717, 1.165) is 35.8 Å². The first-order valence-corrected chi connectivity index (χ1v) is 6.64. The molecule has 1 unspecified atom stereocenters. The Morgan fingerprint density at radius 2 is 2.11 bits per heavy atom. The van der Waals surface area contributed by atoms with Gasteiger partial charge in [-0.25, -0.2) is 0 Å². The van der Waals surface area contributed by atoms with Crippen molar-refractivity contribution in [2.24, 2.45) is 0 Å². The molecule has 1 aliphatic rings. The maximum absolute atomic E-state index is 6.09. The number of benzene rings is 1. The minimum atomic E-state index is 0.194. The van der Waals surface area contributed by atoms with Crippen molar-refractivity contribution in [3.05, 3.63) is 29.8 Å². The summed E-state index contributed by atoms with van der Waals surface area (Å²) >= 11 is 5.49. The molecule has 0 saturated carbocycles. The molecule has 1 aromatic rings. The van der Waals surface area contributed by atoms with Crippen LogP contribution in [0.25, 0.3) is 0 Å². The lowest BCUT2D eigenvalue weighted by atomic mass is 10.2. The Labute approximate surface area is 114 Å². The van der Waals surface area contributed by atoms with Gasteiger partial charge in [0.25, 0.3) is 0 Å². The van der Waals surface area contributed by atoms with Crippen molar-refractivity contribution < 1.29 is 4.74 Å². The van der Waals surface area contributed by atoms with Crippen molar-refractivity contribution in [2.75, 3.05) is 34.2 Å². The molecule has 0 radical (unpaired) electrons. The van der Waals surface area contributed by atoms with Crippen molar-refractivity contribution in [3.63, 3.8) is 0 Å². The fourth-order valence-electron chi connectivity index (χ4n) is 2.11. The van der Waals surface area contributed by atoms with Gasteiger partial charge in [-0.2, -0.15) is 0 Å². The molecule has 1 atom stereocenters. The zero-order valence-electron chi connectivity index (χ0n) is 11.2. The summed E-state index contributed by atoms with van der Waals surface area (Å²) < 4.78 is 6.09. The lowest BCUT2D eigenvalue weighted by Gasteiger charge is -2.22. The van der Waals surface area contributed by atoms with Crippen LogP contribution in [0.1, 0.15) is 12.0 Å². The second-order valence-electron chi connectivity index (χ2n) is 5.01. The molecule has 0 spiro atoms. The van der Waals surface area contributed by atoms with E-state index >= 15 is 0 Å². The van der Waals surface area contributed by atoms with Crippen LogP contribution in [-0.2, 0) is 0 Å². The molecule has 0 fully saturated rings. The van der Waals surface area contributed by atoms with Gasteiger partial charge in [0, 0.05) is 13.6 Å². The minimum absolute atomic E-state index is 0.194. The summed E-state index contributed by atoms with van der Waals surface area (Å²) in [6, 6.07) is 8.03. The average Bonchev–Trinajstić information content (AvgIpc) is 2.46. The molecule has 0 aromatic heterocycles. The molecule has 1 aliphatic heterocycles. The highest BCUT2D eigenvalue weighted by Crippen LogP contribution is 2.25. The Morgan fingerprint density at radius 3 is 2.83 bits per heavy atom. The maximum atomic E-state index is 6.09. The van der Waals surface area contributed by atoms with Gasteiger partial charge in [-0.15, -0.1) is 0 Å². The van der Waals surface area contributed by atoms with Crippen LogP contribution in [0.3, 0.4) is 0 Å². The summed E-state index contributed by atoms with van der Waals surface area (Å²) in [5.41, 5.74) is 1.03. The van der Waals surface area contributed by atoms with E-state index in [1.165, 1.54) is 0 Å². The Hall–Kier alpha value is -1.13. The number of ether oxygens (including phenoxy) is 1. The zero-order valence-corrected chi connectivity index (χ0v) is 12.0. The molecule has 1 aromatic carbocycles. The molecule has 0 bridgehead atoms. The molecule has 0 aliphatic carbocycles. The fourth-order valence-corrected chi connectivity index (χ4v) is 2.35. The molecule has 18 heavy (non-hydrogen) atoms. The summed E-state index contributed by atoms with van der Waals surface area (Å²) in [5.74, 6) is 0.913. The monoisotopic (exact) mass is 264 g/mol. The summed E-state index contributed by atoms with van der Waals surface area (Å²) in [4.78, 5) is 5.16. The predicted octanol–water partition coefficient (Wildman–Crippen LogP) is 2.01. The van der Waals surface area contributed by atoms with Crippen LogP contribution in [0, 0.1) is 0 Å². The number of para-hydroxylation sites is 1. The normalized spacial score (nSPS) is 19.4. The van der Waals surface area contributed by atoms with Crippen LogP contribution >= 0.6 is 12.2 Å². The molecule has 0 saturated heterocycles. The van der Waals surface area contributed by atoms with E-state index in [1.807, 2.05) is 31.3 Å². The molecule has 3 nitrogen and oxygen atoms in total. The minimum Gasteiger partial charge on any atom is -0.488 e. The van der Waals surface area contributed by atoms with Crippen molar-refractivity contribution in [1.29, 1.82) is 0 Å². The van der Waals surface area contributed by atoms with Crippen LogP contribution < -0.4 is 4.74 Å². The molecule has 98 valence electrons. The van der Waals surface area contributed by atoms with Crippen LogP contribution in [0.2, 0.25) is 0 Å². The second-order valence-corrected chi connectivity index (χ2v) is 5.40. The number of hydrogen-bond acceptors (Lipinski definition) is 3. The lowest BCUT2D eigenvalue weighted by molar-refractivity contribution is 0.160. The number of likely N-dealkylation sites (N-methyl/N-ethyl adjacent to an activating group) is 1. The second kappa shape index (κ2) is 5.67. The Morgan fingerprint density at radius 1 is 1.39 bits per heavy atom. The summed E-state index contributed by atoms with van der Waals surface area (Å²) in [6.07, 6.45) is 1.20. The maximum Gasteiger partial charge on any atom is 0.130 e. The van der Waals surface area contributed by atoms with Gasteiger partial charge in [-0.1, -0.05) is 24.4 Å². The van der Waals surface area contributed by atoms with Gasteiger partial charge in [-0.05, 0) is 32.6 Å². The number of hydrogen-bond donors (Lipinski definition) is 0. The van der Waals surface area contributed by atoms with E-state index in [0.29, 0.717) is 0 Å². The Kier molecular flexibility index (Phi) is 4.19. The zero-order chi connectivity index (χ0) is 13.1. The van der Waals surface area contributed by atoms with Gasteiger partial charge in [0.1, 0.15) is 16.8 Å². The van der Waals surface area contributed by atoms with Crippen molar-refractivity contribution >= 4 is 17.2 Å². The topological polar surface area (TPSA) is 15.7 Å². The highest BCUT2D eigenvalue weighted by Gasteiger charge is 2.23. The smallest absolute Gasteiger partial charge is 0.130 e. The van der Waals surface area contributed by atoms with Crippen LogP contribution in [0.4, 0.5) is 0 Å². The van der Waals surface area contributed by atoms with Crippen molar-refractivity contribution in [2.45, 2.75) is 12.5 Å². The van der Waals surface area contributed by atoms with E-state index in [1.54, 1.807) is 0 Å². The molecule has 0 amide bonds. The van der Waals surface area contributed by atoms with Crippen LogP contribution in [-0.4, -0.2) is 55.1 Å². The Bertz CT molecular complexity index is 434. The molecular formula is C14H20N2OS. The molecule has 2 rings (SSSR count). The van der Waals surface area contributed by atoms with Crippen molar-refractivity contribution in [1.82, 2.24) is 9.80 Å². The third-order valence-electron chi connectivity index (χ3n) is 3.13. The fraction of sp³-hybridized carbons (Fsp3) is 0.500. The molecule has 1 heterocycles. The third-order valence-corrected chi connectivity index (χ3v) is 3.67. The highest BCUT2D eigenvalue weighted by molar-refractivity contribution is 7.80. The van der Waals surface area contributed by atoms with Crippen molar-refractivity contribution in [3.8, 4) is 5.75 Å². The van der Waals surface area contributed by atoms with Gasteiger partial charge in [0.2, 0.25) is 0 Å². The van der Waals surface area contributed by atoms with Crippen LogP contribution in [0.15, 0.2) is 24.3 Å². The first kappa shape index (κ1) is 13.3. The number of thiocarbonyl (C=S) groups is 1. The van der Waals surface area contributed by atoms with Gasteiger partial charge in [-0.3, -0.25) is 0 Å². The summed E-state index contributed by atoms with van der Waals surface area (Å²) in [7, 11) is 6.20. The van der Waals surface area contributed by atoms with E-state index in [4.69, 9.17) is 17.0 Å². The number of fused-ring (bicyclic) bond motifs is 1. The first-order chi connectivity index (χ1) is 8.58. The Balaban J connectivity index is 2.17. The van der Waals surface area contributed by atoms with Gasteiger partial charge in [0.05, 0.1) is 12.1 Å². The molecule has 0 N–H and O–H groups in total. The standard InChI is InChI=1S/C14H20N2OS/c1-15(2)9-8-11-10-16(3)14(18)12-6-4-5-7-13(12)17-11/h4-7,11H,8-10H2,1-3H3. The van der Waals surface area contributed by atoms with Gasteiger partial charge in [0.15, 0.2) is 0 Å². The number of nitrogens with zero attached hydrogens (tertiary/aromatic N) is 2. The van der Waals surface area contributed by atoms with Gasteiger partial charge >= 0.3 is 0 Å². The average molecular weight is 264 g/mol. The number of rotatable bonds is 3. The first-order valence-electron chi connectivity index (χ1n) is 6.24. The van der Waals surface area contributed by atoms with Crippen LogP contribution in [0.5, 0.6) is 5.75 Å². The summed E-state index contributed by atoms with van der Waals surface area (Å²) in [6.45, 7) is 1.87.